The maximum atomic E-state index is 13.6. The first-order valence-electron chi connectivity index (χ1n) is 30.3. The van der Waals surface area contributed by atoms with Crippen LogP contribution in [0.2, 0.25) is 0 Å². The maximum absolute atomic E-state index is 13.6. The third kappa shape index (κ3) is 10.6. The van der Waals surface area contributed by atoms with Gasteiger partial charge in [-0.3, -0.25) is 38.9 Å². The number of methoxy groups -OCH3 is 3. The van der Waals surface area contributed by atoms with Crippen LogP contribution in [0.15, 0.2) is 69.6 Å². The van der Waals surface area contributed by atoms with Crippen LogP contribution in [0.5, 0.6) is 0 Å². The summed E-state index contributed by atoms with van der Waals surface area (Å²) in [4.78, 5) is 99.9. The highest BCUT2D eigenvalue weighted by atomic mass is 16.5. The van der Waals surface area contributed by atoms with Gasteiger partial charge in [0.2, 0.25) is 0 Å². The summed E-state index contributed by atoms with van der Waals surface area (Å²) in [6, 6.07) is 16.7. The first-order valence-corrected chi connectivity index (χ1v) is 30.3. The summed E-state index contributed by atoms with van der Waals surface area (Å²) < 4.78 is 16.7. The van der Waals surface area contributed by atoms with Crippen molar-refractivity contribution in [3.8, 4) is 0 Å². The van der Waals surface area contributed by atoms with Crippen LogP contribution in [0.4, 0.5) is 0 Å². The van der Waals surface area contributed by atoms with Crippen molar-refractivity contribution in [2.75, 3.05) is 70.7 Å². The fourth-order valence-electron chi connectivity index (χ4n) is 15.9. The van der Waals surface area contributed by atoms with E-state index in [9.17, 15) is 33.9 Å². The topological polar surface area (TPSA) is 230 Å². The Morgan fingerprint density at radius 2 is 0.805 bits per heavy atom. The zero-order valence-electron chi connectivity index (χ0n) is 52.5. The molecule has 9 aliphatic rings. The molecule has 87 heavy (non-hydrogen) atoms. The van der Waals surface area contributed by atoms with Crippen molar-refractivity contribution in [1.29, 1.82) is 0 Å². The molecule has 474 valence electrons. The van der Waals surface area contributed by atoms with Gasteiger partial charge < -0.3 is 44.7 Å². The van der Waals surface area contributed by atoms with Gasteiger partial charge in [0.1, 0.15) is 11.7 Å². The number of fused-ring (bicyclic) bond motifs is 9. The Morgan fingerprint density at radius 3 is 1.05 bits per heavy atom. The Bertz CT molecular complexity index is 3110. The first kappa shape index (κ1) is 67.7. The molecule has 0 saturated heterocycles. The Balaban J connectivity index is 0.000000180. The average molecular weight is 1200 g/mol. The quantitative estimate of drug-likeness (QED) is 0.236. The van der Waals surface area contributed by atoms with E-state index < -0.39 is 22.6 Å². The zero-order valence-corrected chi connectivity index (χ0v) is 52.5. The Kier molecular flexibility index (Phi) is 19.7. The largest absolute Gasteiger partial charge is 0.478 e. The van der Waals surface area contributed by atoms with Crippen LogP contribution in [0.3, 0.4) is 0 Å². The van der Waals surface area contributed by atoms with Gasteiger partial charge >= 0.3 is 5.97 Å². The molecule has 12 rings (SSSR count). The highest BCUT2D eigenvalue weighted by molar-refractivity contribution is 6.11. The third-order valence-corrected chi connectivity index (χ3v) is 20.7. The number of likely N-dealkylation sites (N-methyl/N-ethyl adjacent to an activating group) is 3. The molecule has 3 heterocycles. The van der Waals surface area contributed by atoms with Crippen LogP contribution >= 0.6 is 0 Å². The van der Waals surface area contributed by atoms with E-state index in [0.29, 0.717) is 17.0 Å². The van der Waals surface area contributed by atoms with Crippen LogP contribution in [0, 0.1) is 16.2 Å². The third-order valence-electron chi connectivity index (χ3n) is 20.7. The molecule has 19 nitrogen and oxygen atoms in total. The summed E-state index contributed by atoms with van der Waals surface area (Å²) >= 11 is 0. The van der Waals surface area contributed by atoms with Gasteiger partial charge in [0.25, 0.3) is 29.5 Å². The van der Waals surface area contributed by atoms with Crippen LogP contribution in [-0.2, 0) is 64.5 Å². The maximum Gasteiger partial charge on any atom is 0.335 e. The van der Waals surface area contributed by atoms with E-state index in [-0.39, 0.29) is 90.5 Å². The minimum absolute atomic E-state index is 0. The van der Waals surface area contributed by atoms with Crippen molar-refractivity contribution >= 4 is 53.1 Å². The molecule has 0 aromatic heterocycles. The molecular weight excluding hydrogens is 1100 g/mol. The number of hydrogen-bond acceptors (Lipinski definition) is 13. The van der Waals surface area contributed by atoms with E-state index in [2.05, 4.69) is 13.8 Å². The van der Waals surface area contributed by atoms with Crippen molar-refractivity contribution in [3.63, 3.8) is 0 Å². The van der Waals surface area contributed by atoms with Crippen molar-refractivity contribution < 1.29 is 48.1 Å². The summed E-state index contributed by atoms with van der Waals surface area (Å²) in [6.45, 7) is 7.99. The minimum atomic E-state index is -1.04. The highest BCUT2D eigenvalue weighted by Gasteiger charge is 2.69. The van der Waals surface area contributed by atoms with E-state index in [1.807, 2.05) is 56.3 Å². The van der Waals surface area contributed by atoms with Gasteiger partial charge in [-0.15, -0.1) is 0 Å². The number of carboxylic acids is 1. The number of benzene rings is 3. The van der Waals surface area contributed by atoms with Gasteiger partial charge in [-0.25, -0.2) is 9.79 Å². The molecule has 6 spiro atoms. The number of guanidine groups is 1. The fraction of sp³-hybridized carbons (Fsp3) is 0.603. The number of carboxylic acid groups (broad SMARTS) is 1. The second-order valence-electron chi connectivity index (χ2n) is 25.7. The molecule has 3 atom stereocenters. The van der Waals surface area contributed by atoms with Gasteiger partial charge in [0.05, 0.1) is 23.9 Å². The molecule has 3 saturated carbocycles. The fourth-order valence-corrected chi connectivity index (χ4v) is 15.9. The van der Waals surface area contributed by atoms with E-state index in [1.165, 1.54) is 11.3 Å². The average Bonchev–Trinajstić information content (AvgIpc) is 1.56. The lowest BCUT2D eigenvalue weighted by Crippen LogP contribution is -2.51. The molecule has 3 aromatic rings. The molecule has 3 aliphatic heterocycles. The Morgan fingerprint density at radius 1 is 0.529 bits per heavy atom. The smallest absolute Gasteiger partial charge is 0.335 e. The van der Waals surface area contributed by atoms with Crippen molar-refractivity contribution in [2.45, 2.75) is 180 Å². The molecule has 5 amide bonds. The number of carbonyl (C=O) groups excluding carboxylic acids is 5. The van der Waals surface area contributed by atoms with Gasteiger partial charge in [-0.05, 0) is 180 Å². The number of amidine groups is 2. The molecule has 0 bridgehead atoms. The SMILES string of the molecule is C.C.CCC.COC1CCC2(CC1)Cc1ccc(C(=O)N(C)C)cc1C21N=C(C)N(C)C1=O.COC1CCC2(CC1)Cc1ccc(C(=O)N(C)C)cc1C21N=C(N)N(C)C1=O.COC1CCC2(CC1)Cc1ccc(C(=O)O)cc1C21N=C(C)N(C)C1=O. The van der Waals surface area contributed by atoms with Crippen molar-refractivity contribution in [2.24, 2.45) is 37.0 Å². The lowest BCUT2D eigenvalue weighted by Gasteiger charge is -2.45. The second kappa shape index (κ2) is 25.3. The minimum Gasteiger partial charge on any atom is -0.478 e. The first-order chi connectivity index (χ1) is 40.3. The number of carbonyl (C=O) groups is 6. The number of aliphatic imine (C=N–C) groups is 3. The number of nitrogens with two attached hydrogens (primary N) is 1. The summed E-state index contributed by atoms with van der Waals surface area (Å²) in [5, 5.41) is 9.44. The van der Waals surface area contributed by atoms with Gasteiger partial charge in [0, 0.05) is 98.0 Å². The standard InChI is InChI=1S/C22H29N3O3.C21H28N4O3.C20H24N2O4.C3H8.2CH4/c1-14-23-22(20(27)25(14)4)18-12-15(19(26)24(2)3)6-7-16(18)13-21(22)10-8-17(28-5)9-11-21;1-24(2)17(26)13-5-6-14-12-20(9-7-15(28-4)8-10-20)21(16(14)11-13)18(27)25(3)19(22)23-21;1-12-21-20(18(25)22(12)2)16-10-13(17(23)24)4-5-14(16)11-19(20)8-6-15(26-3)7-9-19;1-3-2;;/h6-7,12,17H,8-11,13H2,1-5H3;5-6,11,15H,7-10,12H2,1-4H3,(H2,22,23);4-5,10,15H,6-9,11H2,1-3H3,(H,23,24);3H2,1-2H3;2*1H4. The van der Waals surface area contributed by atoms with Crippen LogP contribution in [0.25, 0.3) is 0 Å². The predicted molar refractivity (Wildman–Crippen MR) is 339 cm³/mol. The van der Waals surface area contributed by atoms with Crippen LogP contribution in [-0.4, -0.2) is 172 Å². The summed E-state index contributed by atoms with van der Waals surface area (Å²) in [5.74, 6) is 0.476. The van der Waals surface area contributed by atoms with Gasteiger partial charge in [-0.1, -0.05) is 53.3 Å². The van der Waals surface area contributed by atoms with E-state index in [4.69, 9.17) is 34.9 Å². The number of ether oxygens (including phenoxy) is 3. The zero-order chi connectivity index (χ0) is 61.9. The van der Waals surface area contributed by atoms with Gasteiger partial charge in [0.15, 0.2) is 22.6 Å². The number of aromatic carboxylic acids is 1. The van der Waals surface area contributed by atoms with Gasteiger partial charge in [-0.2, -0.15) is 0 Å². The molecule has 19 heteroatoms. The molecule has 3 fully saturated rings. The molecule has 6 aliphatic carbocycles. The number of hydrogen-bond donors (Lipinski definition) is 2. The van der Waals surface area contributed by atoms with E-state index >= 15 is 0 Å². The summed E-state index contributed by atoms with van der Waals surface area (Å²) in [5.41, 5.74) is 9.53. The normalized spacial score (nSPS) is 30.3. The molecular formula is C68H97N9O10. The molecule has 3 aromatic carbocycles. The predicted octanol–water partition coefficient (Wildman–Crippen LogP) is 9.40. The summed E-state index contributed by atoms with van der Waals surface area (Å²) in [6.07, 6.45) is 14.9. The number of nitrogens with zero attached hydrogens (tertiary/aromatic N) is 8. The Labute approximate surface area is 516 Å². The number of rotatable bonds is 6. The molecule has 3 unspecified atom stereocenters. The summed E-state index contributed by atoms with van der Waals surface area (Å²) in [7, 11) is 17.4. The second-order valence-corrected chi connectivity index (χ2v) is 25.7. The van der Waals surface area contributed by atoms with Crippen LogP contribution in [0.1, 0.15) is 190 Å². The lowest BCUT2D eigenvalue weighted by molar-refractivity contribution is -0.138. The van der Waals surface area contributed by atoms with E-state index in [1.54, 1.807) is 102 Å². The van der Waals surface area contributed by atoms with E-state index in [0.717, 1.165) is 136 Å². The van der Waals surface area contributed by atoms with Crippen molar-refractivity contribution in [1.82, 2.24) is 24.5 Å². The molecule has 3 N–H and O–H groups in total. The van der Waals surface area contributed by atoms with Crippen LogP contribution < -0.4 is 5.73 Å². The molecule has 0 radical (unpaired) electrons. The Hall–Kier alpha value is -6.83. The van der Waals surface area contributed by atoms with Crippen molar-refractivity contribution in [3.05, 3.63) is 105 Å². The lowest BCUT2D eigenvalue weighted by atomic mass is 9.61. The highest BCUT2D eigenvalue weighted by Crippen LogP contribution is 2.65. The number of amides is 5. The monoisotopic (exact) mass is 1200 g/mol.